The summed E-state index contributed by atoms with van der Waals surface area (Å²) in [6, 6.07) is 16.6. The lowest BCUT2D eigenvalue weighted by atomic mass is 9.99. The average Bonchev–Trinajstić information content (AvgIpc) is 3.12. The number of hydrogen-bond acceptors (Lipinski definition) is 6. The molecule has 3 aromatic rings. The fourth-order valence-electron chi connectivity index (χ4n) is 5.40. The minimum atomic E-state index is -1.24. The smallest absolute Gasteiger partial charge is 0.244 e. The van der Waals surface area contributed by atoms with Crippen LogP contribution in [0.4, 0.5) is 4.39 Å². The molecule has 0 aliphatic carbocycles. The third-order valence-corrected chi connectivity index (χ3v) is 8.40. The molecule has 288 valence electrons. The predicted octanol–water partition coefficient (Wildman–Crippen LogP) is 2.50. The topological polar surface area (TPSA) is 224 Å². The third kappa shape index (κ3) is 15.5. The van der Waals surface area contributed by atoms with Crippen LogP contribution in [0.2, 0.25) is 5.02 Å². The lowest BCUT2D eigenvalue weighted by molar-refractivity contribution is -0.134. The predicted molar refractivity (Wildman–Crippen MR) is 207 cm³/mol. The molecule has 15 heteroatoms. The average molecular weight is 763 g/mol. The lowest BCUT2D eigenvalue weighted by Gasteiger charge is -2.27. The highest BCUT2D eigenvalue weighted by molar-refractivity contribution is 6.30. The number of hydrogen-bond donors (Lipinski definition) is 7. The molecule has 0 heterocycles. The zero-order valence-corrected chi connectivity index (χ0v) is 31.0. The van der Waals surface area contributed by atoms with Crippen molar-refractivity contribution in [2.24, 2.45) is 28.1 Å². The van der Waals surface area contributed by atoms with Crippen molar-refractivity contribution in [2.75, 3.05) is 6.54 Å². The van der Waals surface area contributed by atoms with Gasteiger partial charge < -0.3 is 38.5 Å². The summed E-state index contributed by atoms with van der Waals surface area (Å²) in [5, 5.41) is 11.3. The van der Waals surface area contributed by atoms with E-state index in [4.69, 9.17) is 28.8 Å². The van der Waals surface area contributed by atoms with E-state index in [-0.39, 0.29) is 44.1 Å². The Kier molecular flexibility index (Phi) is 17.1. The maximum absolute atomic E-state index is 14.0. The van der Waals surface area contributed by atoms with Gasteiger partial charge in [-0.05, 0) is 72.2 Å². The molecule has 13 nitrogen and oxygen atoms in total. The second-order valence-corrected chi connectivity index (χ2v) is 13.6. The van der Waals surface area contributed by atoms with Crippen LogP contribution in [0.15, 0.2) is 89.9 Å². The first-order valence-electron chi connectivity index (χ1n) is 17.5. The SMILES string of the molecule is CC(C)C[C@H](NC(=O)[C@H](Cc1ccc(Cl)cc1)NC(=O)[C@H](Cc1ccc(F)cc1)NC(=O)/C=C/c1ccccc1)C(=O)N[C@@H](CCCN=C(N)N)C(N)=O. The van der Waals surface area contributed by atoms with Crippen LogP contribution < -0.4 is 38.5 Å². The van der Waals surface area contributed by atoms with Crippen molar-refractivity contribution >= 4 is 53.2 Å². The van der Waals surface area contributed by atoms with Gasteiger partial charge in [-0.15, -0.1) is 0 Å². The Bertz CT molecular complexity index is 1770. The van der Waals surface area contributed by atoms with Crippen molar-refractivity contribution in [3.63, 3.8) is 0 Å². The van der Waals surface area contributed by atoms with Crippen LogP contribution >= 0.6 is 11.6 Å². The number of benzene rings is 3. The van der Waals surface area contributed by atoms with Crippen molar-refractivity contribution < 1.29 is 28.4 Å². The number of carbonyl (C=O) groups excluding carboxylic acids is 5. The number of amides is 5. The summed E-state index contributed by atoms with van der Waals surface area (Å²) >= 11 is 6.09. The van der Waals surface area contributed by atoms with Gasteiger partial charge in [0.2, 0.25) is 29.5 Å². The second-order valence-electron chi connectivity index (χ2n) is 13.1. The van der Waals surface area contributed by atoms with Gasteiger partial charge >= 0.3 is 0 Å². The fraction of sp³-hybridized carbons (Fsp3) is 0.333. The third-order valence-electron chi connectivity index (χ3n) is 8.14. The molecular formula is C39H48ClFN8O5. The Balaban J connectivity index is 1.87. The van der Waals surface area contributed by atoms with E-state index in [1.165, 1.54) is 30.3 Å². The number of aliphatic imine (C=N–C) groups is 1. The first-order valence-corrected chi connectivity index (χ1v) is 17.9. The van der Waals surface area contributed by atoms with Gasteiger partial charge in [0.05, 0.1) is 0 Å². The molecule has 0 aliphatic rings. The molecule has 0 bridgehead atoms. The molecule has 0 unspecified atom stereocenters. The molecule has 0 saturated carbocycles. The maximum atomic E-state index is 14.0. The zero-order chi connectivity index (χ0) is 39.6. The molecule has 3 rings (SSSR count). The molecule has 0 radical (unpaired) electrons. The summed E-state index contributed by atoms with van der Waals surface area (Å²) < 4.78 is 13.7. The van der Waals surface area contributed by atoms with E-state index >= 15 is 0 Å². The summed E-state index contributed by atoms with van der Waals surface area (Å²) in [5.41, 5.74) is 18.3. The van der Waals surface area contributed by atoms with Crippen LogP contribution in [0.5, 0.6) is 0 Å². The molecule has 0 aromatic heterocycles. The van der Waals surface area contributed by atoms with Crippen molar-refractivity contribution in [2.45, 2.75) is 70.1 Å². The van der Waals surface area contributed by atoms with Crippen LogP contribution in [-0.2, 0) is 36.8 Å². The van der Waals surface area contributed by atoms with Crippen LogP contribution in [0.1, 0.15) is 49.8 Å². The summed E-state index contributed by atoms with van der Waals surface area (Å²) in [6.07, 6.45) is 3.53. The van der Waals surface area contributed by atoms with E-state index in [0.717, 1.165) is 5.56 Å². The molecule has 3 aromatic carbocycles. The van der Waals surface area contributed by atoms with Crippen molar-refractivity contribution in [3.8, 4) is 0 Å². The molecular weight excluding hydrogens is 715 g/mol. The normalized spacial score (nSPS) is 13.3. The molecule has 54 heavy (non-hydrogen) atoms. The zero-order valence-electron chi connectivity index (χ0n) is 30.3. The monoisotopic (exact) mass is 762 g/mol. The van der Waals surface area contributed by atoms with E-state index in [1.54, 1.807) is 30.3 Å². The molecule has 10 N–H and O–H groups in total. The summed E-state index contributed by atoms with van der Waals surface area (Å²) in [6.45, 7) is 3.93. The van der Waals surface area contributed by atoms with Gasteiger partial charge in [-0.3, -0.25) is 29.0 Å². The fourth-order valence-corrected chi connectivity index (χ4v) is 5.52. The largest absolute Gasteiger partial charge is 0.370 e. The highest BCUT2D eigenvalue weighted by Gasteiger charge is 2.31. The number of primary amides is 1. The second kappa shape index (κ2) is 21.7. The van der Waals surface area contributed by atoms with Crippen molar-refractivity contribution in [3.05, 3.63) is 112 Å². The number of nitrogens with one attached hydrogen (secondary N) is 4. The summed E-state index contributed by atoms with van der Waals surface area (Å²) in [4.78, 5) is 70.7. The molecule has 0 aliphatic heterocycles. The van der Waals surface area contributed by atoms with Gasteiger partial charge in [0, 0.05) is 30.5 Å². The quantitative estimate of drug-likeness (QED) is 0.0394. The molecule has 0 saturated heterocycles. The van der Waals surface area contributed by atoms with Crippen LogP contribution in [0, 0.1) is 11.7 Å². The highest BCUT2D eigenvalue weighted by atomic mass is 35.5. The maximum Gasteiger partial charge on any atom is 0.244 e. The minimum Gasteiger partial charge on any atom is -0.370 e. The van der Waals surface area contributed by atoms with E-state index < -0.39 is 59.5 Å². The Morgan fingerprint density at radius 2 is 1.24 bits per heavy atom. The van der Waals surface area contributed by atoms with E-state index in [1.807, 2.05) is 44.2 Å². The van der Waals surface area contributed by atoms with Crippen molar-refractivity contribution in [1.29, 1.82) is 0 Å². The van der Waals surface area contributed by atoms with Gasteiger partial charge in [-0.1, -0.05) is 80.0 Å². The van der Waals surface area contributed by atoms with Crippen LogP contribution in [0.3, 0.4) is 0 Å². The molecule has 5 amide bonds. The molecule has 0 spiro atoms. The summed E-state index contributed by atoms with van der Waals surface area (Å²) in [7, 11) is 0. The van der Waals surface area contributed by atoms with Gasteiger partial charge in [-0.2, -0.15) is 0 Å². The van der Waals surface area contributed by atoms with Gasteiger partial charge in [0.25, 0.3) is 0 Å². The van der Waals surface area contributed by atoms with Gasteiger partial charge in [0.15, 0.2) is 5.96 Å². The summed E-state index contributed by atoms with van der Waals surface area (Å²) in [5.74, 6) is -4.04. The minimum absolute atomic E-state index is 0.00934. The van der Waals surface area contributed by atoms with Gasteiger partial charge in [0.1, 0.15) is 30.0 Å². The van der Waals surface area contributed by atoms with Crippen LogP contribution in [0.25, 0.3) is 6.08 Å². The Labute approximate surface area is 319 Å². The Morgan fingerprint density at radius 3 is 1.80 bits per heavy atom. The number of nitrogens with zero attached hydrogens (tertiary/aromatic N) is 1. The number of halogens is 2. The first-order chi connectivity index (χ1) is 25.7. The first kappa shape index (κ1) is 42.7. The number of carbonyl (C=O) groups is 5. The van der Waals surface area contributed by atoms with Crippen molar-refractivity contribution in [1.82, 2.24) is 21.3 Å². The van der Waals surface area contributed by atoms with Gasteiger partial charge in [-0.25, -0.2) is 4.39 Å². The highest BCUT2D eigenvalue weighted by Crippen LogP contribution is 2.14. The molecule has 0 fully saturated rings. The molecule has 4 atom stereocenters. The Hall–Kier alpha value is -5.76. The van der Waals surface area contributed by atoms with E-state index in [9.17, 15) is 28.4 Å². The number of rotatable bonds is 20. The van der Waals surface area contributed by atoms with Crippen LogP contribution in [-0.4, -0.2) is 66.2 Å². The standard InChI is InChI=1S/C39H48ClFN8O5/c1-24(2)21-31(36(52)47-30(35(42)51)9-6-20-45-39(43)44)48-38(54)33(23-26-10-15-28(40)16-11-26)49-37(53)32(22-27-12-17-29(41)18-13-27)46-34(50)19-14-25-7-4-3-5-8-25/h3-5,7-8,10-19,24,30-33H,6,9,20-23H2,1-2H3,(H2,42,51)(H,46,50)(H,47,52)(H,48,54)(H,49,53)(H4,43,44,45)/b19-14+/t30-,31-,32-,33-/m0/s1. The Morgan fingerprint density at radius 1 is 0.722 bits per heavy atom. The van der Waals surface area contributed by atoms with E-state index in [0.29, 0.717) is 22.6 Å². The lowest BCUT2D eigenvalue weighted by Crippen LogP contribution is -2.59. The van der Waals surface area contributed by atoms with E-state index in [2.05, 4.69) is 26.3 Å². The number of guanidine groups is 1. The number of nitrogens with two attached hydrogens (primary N) is 3.